The molecule has 1 N–H and O–H groups in total. The monoisotopic (exact) mass is 286 g/mol. The van der Waals surface area contributed by atoms with Crippen LogP contribution in [0.25, 0.3) is 0 Å². The largest absolute Gasteiger partial charge is 0.328 e. The number of hydrogen-bond donors (Lipinski definition) is 1. The highest BCUT2D eigenvalue weighted by Gasteiger charge is 2.23. The first kappa shape index (κ1) is 12.9. The van der Waals surface area contributed by atoms with Crippen molar-refractivity contribution in [2.75, 3.05) is 11.4 Å². The number of imide groups is 1. The normalized spacial score (nSPS) is 13.7. The van der Waals surface area contributed by atoms with E-state index in [1.165, 1.54) is 11.3 Å². The van der Waals surface area contributed by atoms with E-state index in [4.69, 9.17) is 0 Å². The van der Waals surface area contributed by atoms with Gasteiger partial charge in [0, 0.05) is 12.2 Å². The number of carbonyl (C=O) groups excluding carboxylic acids is 2. The second-order valence-corrected chi connectivity index (χ2v) is 5.57. The van der Waals surface area contributed by atoms with Crippen LogP contribution in [-0.2, 0) is 6.42 Å². The van der Waals surface area contributed by atoms with Gasteiger partial charge in [-0.25, -0.2) is 4.79 Å². The van der Waals surface area contributed by atoms with Gasteiger partial charge in [0.05, 0.1) is 4.88 Å². The molecule has 1 aliphatic heterocycles. The van der Waals surface area contributed by atoms with Crippen molar-refractivity contribution in [1.82, 2.24) is 5.32 Å². The molecule has 0 saturated heterocycles. The highest BCUT2D eigenvalue weighted by molar-refractivity contribution is 7.12. The standard InChI is InChI=1S/C15H14N2O2S/c18-14(13-8-4-10-20-13)16-15(19)17-9-3-6-11-5-1-2-7-12(11)17/h1-2,4-5,7-8,10H,3,6,9H2,(H,16,18,19). The third-order valence-corrected chi connectivity index (χ3v) is 4.19. The number of fused-ring (bicyclic) bond motifs is 1. The summed E-state index contributed by atoms with van der Waals surface area (Å²) in [6.07, 6.45) is 1.89. The average Bonchev–Trinajstić information content (AvgIpc) is 3.01. The van der Waals surface area contributed by atoms with Gasteiger partial charge in [-0.05, 0) is 35.9 Å². The first-order chi connectivity index (χ1) is 9.75. The van der Waals surface area contributed by atoms with Gasteiger partial charge >= 0.3 is 6.03 Å². The van der Waals surface area contributed by atoms with E-state index in [0.717, 1.165) is 24.1 Å². The summed E-state index contributed by atoms with van der Waals surface area (Å²) in [5.41, 5.74) is 2.05. The van der Waals surface area contributed by atoms with Crippen LogP contribution in [0, 0.1) is 0 Å². The molecule has 0 radical (unpaired) electrons. The van der Waals surface area contributed by atoms with E-state index in [0.29, 0.717) is 11.4 Å². The lowest BCUT2D eigenvalue weighted by atomic mass is 10.0. The van der Waals surface area contributed by atoms with Gasteiger partial charge in [-0.15, -0.1) is 11.3 Å². The van der Waals surface area contributed by atoms with Gasteiger partial charge < -0.3 is 0 Å². The van der Waals surface area contributed by atoms with E-state index in [-0.39, 0.29) is 11.9 Å². The highest BCUT2D eigenvalue weighted by Crippen LogP contribution is 2.26. The van der Waals surface area contributed by atoms with Crippen molar-refractivity contribution < 1.29 is 9.59 Å². The highest BCUT2D eigenvalue weighted by atomic mass is 32.1. The third kappa shape index (κ3) is 2.44. The van der Waals surface area contributed by atoms with Crippen LogP contribution in [0.3, 0.4) is 0 Å². The summed E-state index contributed by atoms with van der Waals surface area (Å²) in [5, 5.41) is 4.27. The number of para-hydroxylation sites is 1. The van der Waals surface area contributed by atoms with Crippen molar-refractivity contribution in [3.63, 3.8) is 0 Å². The fraction of sp³-hybridized carbons (Fsp3) is 0.200. The Hall–Kier alpha value is -2.14. The molecule has 0 saturated carbocycles. The van der Waals surface area contributed by atoms with Crippen LogP contribution in [0.4, 0.5) is 10.5 Å². The summed E-state index contributed by atoms with van der Waals surface area (Å²) in [7, 11) is 0. The Morgan fingerprint density at radius 3 is 2.80 bits per heavy atom. The molecular formula is C15H14N2O2S. The number of carbonyl (C=O) groups is 2. The molecule has 0 bridgehead atoms. The number of rotatable bonds is 1. The molecular weight excluding hydrogens is 272 g/mol. The van der Waals surface area contributed by atoms with Crippen LogP contribution >= 0.6 is 11.3 Å². The molecule has 1 aromatic carbocycles. The van der Waals surface area contributed by atoms with E-state index >= 15 is 0 Å². The molecule has 0 spiro atoms. The van der Waals surface area contributed by atoms with Crippen molar-refractivity contribution in [2.45, 2.75) is 12.8 Å². The van der Waals surface area contributed by atoms with Crippen LogP contribution in [0.5, 0.6) is 0 Å². The van der Waals surface area contributed by atoms with E-state index < -0.39 is 0 Å². The first-order valence-electron chi connectivity index (χ1n) is 6.50. The fourth-order valence-electron chi connectivity index (χ4n) is 2.38. The lowest BCUT2D eigenvalue weighted by Crippen LogP contribution is -2.45. The summed E-state index contributed by atoms with van der Waals surface area (Å²) < 4.78 is 0. The maximum absolute atomic E-state index is 12.3. The number of amides is 3. The quantitative estimate of drug-likeness (QED) is 0.876. The Kier molecular flexibility index (Phi) is 3.52. The maximum atomic E-state index is 12.3. The molecule has 0 aliphatic carbocycles. The van der Waals surface area contributed by atoms with Crippen LogP contribution in [-0.4, -0.2) is 18.5 Å². The zero-order valence-corrected chi connectivity index (χ0v) is 11.7. The smallest absolute Gasteiger partial charge is 0.294 e. The van der Waals surface area contributed by atoms with Gasteiger partial charge in [0.25, 0.3) is 5.91 Å². The molecule has 1 aliphatic rings. The SMILES string of the molecule is O=C(NC(=O)N1CCCc2ccccc21)c1cccs1. The Balaban J connectivity index is 1.77. The number of nitrogens with zero attached hydrogens (tertiary/aromatic N) is 1. The summed E-state index contributed by atoms with van der Waals surface area (Å²) in [6, 6.07) is 11.0. The molecule has 102 valence electrons. The van der Waals surface area contributed by atoms with Crippen molar-refractivity contribution in [1.29, 1.82) is 0 Å². The molecule has 1 aromatic heterocycles. The minimum absolute atomic E-state index is 0.340. The predicted octanol–water partition coefficient (Wildman–Crippen LogP) is 3.05. The average molecular weight is 286 g/mol. The van der Waals surface area contributed by atoms with E-state index in [9.17, 15) is 9.59 Å². The number of nitrogens with one attached hydrogen (secondary N) is 1. The minimum atomic E-state index is -0.351. The number of urea groups is 1. The molecule has 4 nitrogen and oxygen atoms in total. The molecule has 0 fully saturated rings. The minimum Gasteiger partial charge on any atom is -0.294 e. The number of benzene rings is 1. The first-order valence-corrected chi connectivity index (χ1v) is 7.38. The van der Waals surface area contributed by atoms with Gasteiger partial charge in [-0.1, -0.05) is 24.3 Å². The van der Waals surface area contributed by atoms with Crippen molar-refractivity contribution in [3.05, 3.63) is 52.2 Å². The van der Waals surface area contributed by atoms with Crippen LogP contribution < -0.4 is 10.2 Å². The molecule has 0 unspecified atom stereocenters. The van der Waals surface area contributed by atoms with E-state index in [2.05, 4.69) is 5.32 Å². The van der Waals surface area contributed by atoms with E-state index in [1.54, 1.807) is 17.0 Å². The zero-order valence-electron chi connectivity index (χ0n) is 10.8. The molecule has 0 atom stereocenters. The summed E-state index contributed by atoms with van der Waals surface area (Å²) in [6.45, 7) is 0.639. The number of anilines is 1. The molecule has 2 aromatic rings. The Morgan fingerprint density at radius 2 is 2.00 bits per heavy atom. The van der Waals surface area contributed by atoms with Crippen LogP contribution in [0.2, 0.25) is 0 Å². The van der Waals surface area contributed by atoms with E-state index in [1.807, 2.05) is 29.6 Å². The van der Waals surface area contributed by atoms with Crippen LogP contribution in [0.1, 0.15) is 21.7 Å². The summed E-state index contributed by atoms with van der Waals surface area (Å²) in [5.74, 6) is -0.340. The van der Waals surface area contributed by atoms with Crippen molar-refractivity contribution in [2.24, 2.45) is 0 Å². The maximum Gasteiger partial charge on any atom is 0.328 e. The van der Waals surface area contributed by atoms with Gasteiger partial charge in [0.2, 0.25) is 0 Å². The second-order valence-electron chi connectivity index (χ2n) is 4.62. The summed E-state index contributed by atoms with van der Waals surface area (Å²) >= 11 is 1.32. The van der Waals surface area contributed by atoms with Gasteiger partial charge in [-0.2, -0.15) is 0 Å². The number of hydrogen-bond acceptors (Lipinski definition) is 3. The molecule has 20 heavy (non-hydrogen) atoms. The lowest BCUT2D eigenvalue weighted by molar-refractivity contribution is 0.0969. The second kappa shape index (κ2) is 5.46. The fourth-order valence-corrected chi connectivity index (χ4v) is 3.00. The topological polar surface area (TPSA) is 49.4 Å². The van der Waals surface area contributed by atoms with Gasteiger partial charge in [0.15, 0.2) is 0 Å². The Labute approximate surface area is 121 Å². The van der Waals surface area contributed by atoms with Gasteiger partial charge in [0.1, 0.15) is 0 Å². The predicted molar refractivity (Wildman–Crippen MR) is 79.3 cm³/mol. The van der Waals surface area contributed by atoms with Crippen molar-refractivity contribution in [3.8, 4) is 0 Å². The molecule has 5 heteroatoms. The van der Waals surface area contributed by atoms with Gasteiger partial charge in [-0.3, -0.25) is 15.0 Å². The lowest BCUT2D eigenvalue weighted by Gasteiger charge is -2.29. The Bertz CT molecular complexity index is 637. The molecule has 3 rings (SSSR count). The molecule has 2 heterocycles. The third-order valence-electron chi connectivity index (χ3n) is 3.32. The number of aryl methyl sites for hydroxylation is 1. The Morgan fingerprint density at radius 1 is 1.15 bits per heavy atom. The number of thiophene rings is 1. The van der Waals surface area contributed by atoms with Crippen LogP contribution in [0.15, 0.2) is 41.8 Å². The molecule has 3 amide bonds. The zero-order chi connectivity index (χ0) is 13.9. The van der Waals surface area contributed by atoms with Crippen molar-refractivity contribution >= 4 is 29.0 Å². The summed E-state index contributed by atoms with van der Waals surface area (Å²) in [4.78, 5) is 26.4.